The molecule has 208 valence electrons. The lowest BCUT2D eigenvalue weighted by atomic mass is 10.1. The Balaban J connectivity index is 1.67. The highest BCUT2D eigenvalue weighted by atomic mass is 19.4. The Morgan fingerprint density at radius 2 is 1.65 bits per heavy atom. The van der Waals surface area contributed by atoms with Crippen LogP contribution in [-0.4, -0.2) is 32.2 Å². The number of fused-ring (bicyclic) bond motifs is 2. The predicted molar refractivity (Wildman–Crippen MR) is 149 cm³/mol. The lowest BCUT2D eigenvalue weighted by Crippen LogP contribution is -2.15. The summed E-state index contributed by atoms with van der Waals surface area (Å²) in [6, 6.07) is 20.4. The molecule has 0 unspecified atom stereocenters. The molecular formula is C31H31F3N4O2. The standard InChI is InChI=1S/C31H31F3N4O2/c1-3-4-8-18-38-27-23(14-9-15-24(27)36-30(38)31(32,33)34)28-35-25-20-22(29(39)40-2)16-17-26(25)37(28)19-10-13-21-11-6-5-7-12-21/h5-7,9,11-12,14-17,20H,3-4,8,10,13,18-19H2,1-2H3. The molecule has 0 amide bonds. The van der Waals surface area contributed by atoms with Gasteiger partial charge >= 0.3 is 12.1 Å². The summed E-state index contributed by atoms with van der Waals surface area (Å²) in [4.78, 5) is 21.1. The molecule has 2 heterocycles. The highest BCUT2D eigenvalue weighted by Gasteiger charge is 2.38. The number of aryl methyl sites for hydroxylation is 3. The smallest absolute Gasteiger partial charge is 0.449 e. The van der Waals surface area contributed by atoms with Crippen LogP contribution in [0.15, 0.2) is 66.7 Å². The molecule has 0 spiro atoms. The van der Waals surface area contributed by atoms with Crippen molar-refractivity contribution in [2.24, 2.45) is 0 Å². The molecule has 6 nitrogen and oxygen atoms in total. The average molecular weight is 549 g/mol. The highest BCUT2D eigenvalue weighted by Crippen LogP contribution is 2.37. The van der Waals surface area contributed by atoms with E-state index in [1.165, 1.54) is 17.2 Å². The molecule has 9 heteroatoms. The number of esters is 1. The van der Waals surface area contributed by atoms with E-state index in [4.69, 9.17) is 9.72 Å². The largest absolute Gasteiger partial charge is 0.465 e. The van der Waals surface area contributed by atoms with Crippen LogP contribution < -0.4 is 0 Å². The van der Waals surface area contributed by atoms with Crippen LogP contribution >= 0.6 is 0 Å². The quantitative estimate of drug-likeness (QED) is 0.133. The number of benzene rings is 3. The summed E-state index contributed by atoms with van der Waals surface area (Å²) in [5.74, 6) is -0.834. The van der Waals surface area contributed by atoms with Crippen molar-refractivity contribution >= 4 is 28.0 Å². The van der Waals surface area contributed by atoms with Crippen molar-refractivity contribution in [3.8, 4) is 11.4 Å². The lowest BCUT2D eigenvalue weighted by Gasteiger charge is -2.14. The third kappa shape index (κ3) is 5.46. The molecule has 5 aromatic rings. The Hall–Kier alpha value is -4.14. The third-order valence-electron chi connectivity index (χ3n) is 7.11. The molecule has 2 aromatic heterocycles. The van der Waals surface area contributed by atoms with E-state index in [0.29, 0.717) is 41.0 Å². The van der Waals surface area contributed by atoms with Crippen LogP contribution in [0.5, 0.6) is 0 Å². The van der Waals surface area contributed by atoms with Crippen LogP contribution in [0.2, 0.25) is 0 Å². The van der Waals surface area contributed by atoms with E-state index in [9.17, 15) is 18.0 Å². The fourth-order valence-corrected chi connectivity index (χ4v) is 5.21. The van der Waals surface area contributed by atoms with E-state index in [1.54, 1.807) is 30.3 Å². The molecule has 0 aliphatic carbocycles. The first-order valence-electron chi connectivity index (χ1n) is 13.5. The summed E-state index contributed by atoms with van der Waals surface area (Å²) in [5, 5.41) is 0. The van der Waals surface area contributed by atoms with Gasteiger partial charge in [0.05, 0.1) is 34.7 Å². The minimum Gasteiger partial charge on any atom is -0.465 e. The molecule has 5 rings (SSSR count). The monoisotopic (exact) mass is 548 g/mol. The molecule has 0 N–H and O–H groups in total. The van der Waals surface area contributed by atoms with Gasteiger partial charge in [0.1, 0.15) is 5.82 Å². The first kappa shape index (κ1) is 27.4. The van der Waals surface area contributed by atoms with Crippen molar-refractivity contribution < 1.29 is 22.7 Å². The summed E-state index contributed by atoms with van der Waals surface area (Å²) in [7, 11) is 1.32. The molecule has 0 aliphatic heterocycles. The minimum absolute atomic E-state index is 0.205. The number of alkyl halides is 3. The maximum absolute atomic E-state index is 14.1. The molecule has 0 radical (unpaired) electrons. The molecule has 0 saturated heterocycles. The van der Waals surface area contributed by atoms with E-state index >= 15 is 0 Å². The zero-order chi connectivity index (χ0) is 28.3. The topological polar surface area (TPSA) is 61.9 Å². The number of rotatable bonds is 10. The number of carbonyl (C=O) groups excluding carboxylic acids is 1. The second-order valence-electron chi connectivity index (χ2n) is 9.84. The molecule has 0 aliphatic rings. The second kappa shape index (κ2) is 11.5. The number of nitrogens with zero attached hydrogens (tertiary/aromatic N) is 4. The first-order chi connectivity index (χ1) is 19.3. The van der Waals surface area contributed by atoms with Gasteiger partial charge < -0.3 is 13.9 Å². The fraction of sp³-hybridized carbons (Fsp3) is 0.323. The molecule has 3 aromatic carbocycles. The van der Waals surface area contributed by atoms with Gasteiger partial charge in [0.15, 0.2) is 0 Å². The second-order valence-corrected chi connectivity index (χ2v) is 9.84. The van der Waals surface area contributed by atoms with Crippen molar-refractivity contribution in [2.75, 3.05) is 7.11 Å². The number of hydrogen-bond donors (Lipinski definition) is 0. The lowest BCUT2D eigenvalue weighted by molar-refractivity contribution is -0.147. The van der Waals surface area contributed by atoms with Crippen molar-refractivity contribution in [1.82, 2.24) is 19.1 Å². The third-order valence-corrected chi connectivity index (χ3v) is 7.11. The van der Waals surface area contributed by atoms with Crippen molar-refractivity contribution in [3.05, 3.63) is 83.7 Å². The van der Waals surface area contributed by atoms with Crippen LogP contribution in [-0.2, 0) is 30.4 Å². The Bertz CT molecular complexity index is 1640. The van der Waals surface area contributed by atoms with Crippen LogP contribution in [0.3, 0.4) is 0 Å². The normalized spacial score (nSPS) is 11.9. The SMILES string of the molecule is CCCCCn1c(C(F)(F)F)nc2cccc(-c3nc4cc(C(=O)OC)ccc4n3CCCc3ccccc3)c21. The number of carbonyl (C=O) groups is 1. The van der Waals surface area contributed by atoms with Crippen LogP contribution in [0, 0.1) is 0 Å². The number of halogens is 3. The van der Waals surface area contributed by atoms with Gasteiger partial charge in [0, 0.05) is 18.7 Å². The van der Waals surface area contributed by atoms with Gasteiger partial charge in [0.2, 0.25) is 5.82 Å². The number of hydrogen-bond acceptors (Lipinski definition) is 4. The number of imidazole rings is 2. The summed E-state index contributed by atoms with van der Waals surface area (Å²) in [6.45, 7) is 2.81. The zero-order valence-corrected chi connectivity index (χ0v) is 22.5. The van der Waals surface area contributed by atoms with Gasteiger partial charge in [-0.1, -0.05) is 56.2 Å². The maximum atomic E-state index is 14.1. The number of aromatic nitrogens is 4. The van der Waals surface area contributed by atoms with Gasteiger partial charge in [-0.25, -0.2) is 14.8 Å². The van der Waals surface area contributed by atoms with Gasteiger partial charge in [-0.05, 0) is 55.2 Å². The Labute approximate surface area is 230 Å². The number of methoxy groups -OCH3 is 1. The molecular weight excluding hydrogens is 517 g/mol. The summed E-state index contributed by atoms with van der Waals surface area (Å²) >= 11 is 0. The van der Waals surface area contributed by atoms with Crippen molar-refractivity contribution in [2.45, 2.75) is 58.3 Å². The fourth-order valence-electron chi connectivity index (χ4n) is 5.21. The molecule has 0 bridgehead atoms. The molecule has 40 heavy (non-hydrogen) atoms. The zero-order valence-electron chi connectivity index (χ0n) is 22.5. The average Bonchev–Trinajstić information content (AvgIpc) is 3.52. The molecule has 0 fully saturated rings. The maximum Gasteiger partial charge on any atom is 0.449 e. The van der Waals surface area contributed by atoms with E-state index in [1.807, 2.05) is 35.8 Å². The first-order valence-corrected chi connectivity index (χ1v) is 13.5. The van der Waals surface area contributed by atoms with Crippen LogP contribution in [0.25, 0.3) is 33.5 Å². The van der Waals surface area contributed by atoms with Crippen LogP contribution in [0.1, 0.15) is 54.4 Å². The van der Waals surface area contributed by atoms with Gasteiger partial charge in [-0.3, -0.25) is 0 Å². The minimum atomic E-state index is -4.59. The van der Waals surface area contributed by atoms with Gasteiger partial charge in [-0.15, -0.1) is 0 Å². The summed E-state index contributed by atoms with van der Waals surface area (Å²) < 4.78 is 50.5. The van der Waals surface area contributed by atoms with E-state index < -0.39 is 18.0 Å². The number of unbranched alkanes of at least 4 members (excludes halogenated alkanes) is 2. The predicted octanol–water partition coefficient (Wildman–Crippen LogP) is 7.68. The number of ether oxygens (including phenoxy) is 1. The summed E-state index contributed by atoms with van der Waals surface area (Å²) in [6.07, 6.45) is -0.657. The summed E-state index contributed by atoms with van der Waals surface area (Å²) in [5.41, 5.74) is 4.19. The van der Waals surface area contributed by atoms with E-state index in [2.05, 4.69) is 17.1 Å². The van der Waals surface area contributed by atoms with Crippen molar-refractivity contribution in [1.29, 1.82) is 0 Å². The highest BCUT2D eigenvalue weighted by molar-refractivity contribution is 5.96. The molecule has 0 saturated carbocycles. The van der Waals surface area contributed by atoms with Gasteiger partial charge in [0.25, 0.3) is 0 Å². The number of para-hydroxylation sites is 1. The van der Waals surface area contributed by atoms with E-state index in [-0.39, 0.29) is 12.1 Å². The van der Waals surface area contributed by atoms with E-state index in [0.717, 1.165) is 31.2 Å². The Morgan fingerprint density at radius 3 is 2.38 bits per heavy atom. The van der Waals surface area contributed by atoms with Gasteiger partial charge in [-0.2, -0.15) is 13.2 Å². The molecule has 0 atom stereocenters. The van der Waals surface area contributed by atoms with Crippen LogP contribution in [0.4, 0.5) is 13.2 Å². The Kier molecular flexibility index (Phi) is 7.91. The van der Waals surface area contributed by atoms with Crippen molar-refractivity contribution in [3.63, 3.8) is 0 Å². The Morgan fingerprint density at radius 1 is 0.875 bits per heavy atom.